The number of nitrogens with one attached hydrogen (secondary N) is 8. The molecule has 22 heteroatoms. The molecular formula is C48H81N9O11S2. The fourth-order valence-electron chi connectivity index (χ4n) is 7.16. The average Bonchev–Trinajstić information content (AvgIpc) is 3.27. The molecule has 0 saturated heterocycles. The van der Waals surface area contributed by atoms with Gasteiger partial charge in [0.15, 0.2) is 0 Å². The third kappa shape index (κ3) is 22.8. The number of hydrogen-bond acceptors (Lipinski definition) is 13. The van der Waals surface area contributed by atoms with E-state index < -0.39 is 114 Å². The molecule has 20 nitrogen and oxygen atoms in total. The first-order chi connectivity index (χ1) is 32.6. The molecule has 396 valence electrons. The summed E-state index contributed by atoms with van der Waals surface area (Å²) in [6.07, 6.45) is 1.26. The second kappa shape index (κ2) is 31.3. The van der Waals surface area contributed by atoms with Crippen molar-refractivity contribution in [2.75, 3.05) is 11.5 Å². The number of carbonyl (C=O) groups excluding carboxylic acids is 8. The van der Waals surface area contributed by atoms with Crippen molar-refractivity contribution in [2.45, 2.75) is 169 Å². The van der Waals surface area contributed by atoms with Crippen molar-refractivity contribution in [1.29, 1.82) is 0 Å². The fraction of sp³-hybridized carbons (Fsp3) is 0.688. The number of phenolic OH excluding ortho intramolecular Hbond substituents is 1. The minimum atomic E-state index is -1.30. The normalized spacial score (nSPS) is 15.7. The molecule has 0 spiro atoms. The Morgan fingerprint density at radius 1 is 0.486 bits per heavy atom. The topological polar surface area (TPSA) is 316 Å². The van der Waals surface area contributed by atoms with Gasteiger partial charge in [-0.25, -0.2) is 4.79 Å². The Morgan fingerprint density at radius 2 is 0.800 bits per heavy atom. The molecule has 70 heavy (non-hydrogen) atoms. The van der Waals surface area contributed by atoms with Crippen molar-refractivity contribution in [2.24, 2.45) is 35.3 Å². The van der Waals surface area contributed by atoms with E-state index >= 15 is 0 Å². The molecule has 10 atom stereocenters. The highest BCUT2D eigenvalue weighted by atomic mass is 32.1. The van der Waals surface area contributed by atoms with E-state index in [4.69, 9.17) is 5.73 Å². The van der Waals surface area contributed by atoms with Gasteiger partial charge < -0.3 is 58.5 Å². The Bertz CT molecular complexity index is 1900. The van der Waals surface area contributed by atoms with E-state index in [1.165, 1.54) is 19.1 Å². The first-order valence-electron chi connectivity index (χ1n) is 24.0. The van der Waals surface area contributed by atoms with Gasteiger partial charge in [0.1, 0.15) is 54.1 Å². The van der Waals surface area contributed by atoms with E-state index in [1.807, 2.05) is 55.4 Å². The summed E-state index contributed by atoms with van der Waals surface area (Å²) in [5.41, 5.74) is 6.85. The maximum absolute atomic E-state index is 13.8. The lowest BCUT2D eigenvalue weighted by molar-refractivity contribution is -0.144. The molecule has 0 unspecified atom stereocenters. The van der Waals surface area contributed by atoms with E-state index in [-0.39, 0.29) is 73.0 Å². The number of thiol groups is 2. The quantitative estimate of drug-likeness (QED) is 0.0469. The van der Waals surface area contributed by atoms with E-state index in [2.05, 4.69) is 67.8 Å². The number of hydrogen-bond donors (Lipinski definition) is 13. The minimum Gasteiger partial charge on any atom is -0.508 e. The van der Waals surface area contributed by atoms with Crippen LogP contribution < -0.4 is 48.3 Å². The molecule has 8 amide bonds. The molecule has 12 N–H and O–H groups in total. The van der Waals surface area contributed by atoms with Crippen molar-refractivity contribution < 1.29 is 53.4 Å². The average molecular weight is 1020 g/mol. The predicted octanol–water partition coefficient (Wildman–Crippen LogP) is 1.34. The third-order valence-electron chi connectivity index (χ3n) is 11.2. The predicted molar refractivity (Wildman–Crippen MR) is 274 cm³/mol. The van der Waals surface area contributed by atoms with Gasteiger partial charge in [0, 0.05) is 11.5 Å². The number of aliphatic carboxylic acids is 1. The molecule has 0 bridgehead atoms. The molecule has 0 heterocycles. The first-order valence-corrected chi connectivity index (χ1v) is 25.3. The summed E-state index contributed by atoms with van der Waals surface area (Å²) in [4.78, 5) is 120. The number of carboxylic acid groups (broad SMARTS) is 1. The number of aromatic hydroxyl groups is 1. The van der Waals surface area contributed by atoms with Gasteiger partial charge in [-0.1, -0.05) is 87.8 Å². The van der Waals surface area contributed by atoms with Gasteiger partial charge in [-0.15, -0.1) is 0 Å². The summed E-state index contributed by atoms with van der Waals surface area (Å²) < 4.78 is 0. The number of rotatable bonds is 31. The maximum atomic E-state index is 13.8. The Kier molecular flexibility index (Phi) is 28.1. The molecule has 0 aliphatic rings. The first kappa shape index (κ1) is 62.9. The molecule has 0 aliphatic carbocycles. The number of nitrogens with two attached hydrogens (primary N) is 1. The standard InChI is InChI=1S/C48H81N9O11S2/c1-12-28(10)39(48(67)68)57-45(64)36(20-27(8)9)54-47(66)38(23-70)56-44(63)35(19-26(6)7)53-46(65)37(22-69)55-43(62)34(18-25(4)5)51-40(59)29(11)50-42(61)33(17-24(2)3)52-41(60)32(49)21-30-13-15-31(58)16-14-30/h13-16,24-29,32-39,58,69-70H,12,17-23,49H2,1-11H3,(H,50,61)(H,51,59)(H,52,60)(H,53,65)(H,54,66)(H,55,62)(H,56,63)(H,57,64)(H,67,68)/t28-,29-,32-,33-,34-,35-,36-,37-,38-,39-/m0/s1. The summed E-state index contributed by atoms with van der Waals surface area (Å²) in [7, 11) is 0. The maximum Gasteiger partial charge on any atom is 0.326 e. The van der Waals surface area contributed by atoms with Crippen molar-refractivity contribution in [1.82, 2.24) is 42.5 Å². The molecule has 1 rings (SSSR count). The largest absolute Gasteiger partial charge is 0.508 e. The zero-order valence-corrected chi connectivity index (χ0v) is 44.4. The van der Waals surface area contributed by atoms with Gasteiger partial charge in [0.25, 0.3) is 0 Å². The fourth-order valence-corrected chi connectivity index (χ4v) is 7.67. The van der Waals surface area contributed by atoms with Crippen LogP contribution in [0.3, 0.4) is 0 Å². The van der Waals surface area contributed by atoms with Crippen LogP contribution in [0.15, 0.2) is 24.3 Å². The van der Waals surface area contributed by atoms with Crippen LogP contribution in [0, 0.1) is 29.6 Å². The van der Waals surface area contributed by atoms with Crippen molar-refractivity contribution in [3.8, 4) is 5.75 Å². The lowest BCUT2D eigenvalue weighted by Gasteiger charge is -2.28. The van der Waals surface area contributed by atoms with Gasteiger partial charge in [-0.3, -0.25) is 38.4 Å². The van der Waals surface area contributed by atoms with Crippen molar-refractivity contribution >= 4 is 78.5 Å². The zero-order valence-electron chi connectivity index (χ0n) is 42.6. The summed E-state index contributed by atoms with van der Waals surface area (Å²) in [5.74, 6) is -8.04. The van der Waals surface area contributed by atoms with Crippen LogP contribution in [0.4, 0.5) is 0 Å². The Balaban J connectivity index is 3.14. The lowest BCUT2D eigenvalue weighted by Crippen LogP contribution is -2.61. The smallest absolute Gasteiger partial charge is 0.326 e. The van der Waals surface area contributed by atoms with Gasteiger partial charge >= 0.3 is 5.97 Å². The third-order valence-corrected chi connectivity index (χ3v) is 12.0. The van der Waals surface area contributed by atoms with Crippen LogP contribution in [-0.2, 0) is 49.6 Å². The number of phenols is 1. The molecule has 0 aliphatic heterocycles. The van der Waals surface area contributed by atoms with E-state index in [0.29, 0.717) is 12.0 Å². The SMILES string of the molecule is CC[C@H](C)[C@H](NC(=O)[C@H](CC(C)C)NC(=O)[C@H](CS)NC(=O)[C@H](CC(C)C)NC(=O)[C@H](CS)NC(=O)[C@H](CC(C)C)NC(=O)[C@H](C)NC(=O)[C@H](CC(C)C)NC(=O)[C@@H](N)Cc1ccc(O)cc1)C(=O)O. The highest BCUT2D eigenvalue weighted by molar-refractivity contribution is 7.80. The Hall–Kier alpha value is -5.09. The zero-order chi connectivity index (χ0) is 53.6. The highest BCUT2D eigenvalue weighted by Crippen LogP contribution is 2.14. The van der Waals surface area contributed by atoms with Gasteiger partial charge in [-0.05, 0) is 86.3 Å². The second-order valence-corrected chi connectivity index (χ2v) is 20.4. The molecular weight excluding hydrogens is 943 g/mol. The summed E-state index contributed by atoms with van der Waals surface area (Å²) in [6, 6.07) is -4.31. The summed E-state index contributed by atoms with van der Waals surface area (Å²) in [5, 5.41) is 40.3. The van der Waals surface area contributed by atoms with Gasteiger partial charge in [-0.2, -0.15) is 25.3 Å². The van der Waals surface area contributed by atoms with Crippen LogP contribution in [0.5, 0.6) is 5.75 Å². The molecule has 1 aromatic carbocycles. The second-order valence-electron chi connectivity index (χ2n) is 19.7. The molecule has 0 radical (unpaired) electrons. The van der Waals surface area contributed by atoms with Crippen LogP contribution in [0.2, 0.25) is 0 Å². The van der Waals surface area contributed by atoms with Crippen LogP contribution in [0.1, 0.15) is 114 Å². The number of amides is 8. The number of benzene rings is 1. The molecule has 0 fully saturated rings. The Morgan fingerprint density at radius 3 is 1.14 bits per heavy atom. The highest BCUT2D eigenvalue weighted by Gasteiger charge is 2.35. The van der Waals surface area contributed by atoms with Gasteiger partial charge in [0.2, 0.25) is 47.3 Å². The lowest BCUT2D eigenvalue weighted by atomic mass is 9.97. The van der Waals surface area contributed by atoms with Crippen LogP contribution in [0.25, 0.3) is 0 Å². The Labute approximate surface area is 424 Å². The van der Waals surface area contributed by atoms with Crippen molar-refractivity contribution in [3.05, 3.63) is 29.8 Å². The summed E-state index contributed by atoms with van der Waals surface area (Å²) >= 11 is 8.56. The van der Waals surface area contributed by atoms with Crippen LogP contribution >= 0.6 is 25.3 Å². The minimum absolute atomic E-state index is 0.0400. The van der Waals surface area contributed by atoms with E-state index in [1.54, 1.807) is 26.0 Å². The summed E-state index contributed by atoms with van der Waals surface area (Å²) in [6.45, 7) is 19.5. The molecule has 0 saturated carbocycles. The van der Waals surface area contributed by atoms with E-state index in [0.717, 1.165) is 0 Å². The van der Waals surface area contributed by atoms with E-state index in [9.17, 15) is 53.4 Å². The number of carboxylic acids is 1. The monoisotopic (exact) mass is 1020 g/mol. The number of carbonyl (C=O) groups is 9. The molecule has 1 aromatic rings. The van der Waals surface area contributed by atoms with Crippen LogP contribution in [-0.4, -0.2) is 129 Å². The van der Waals surface area contributed by atoms with Gasteiger partial charge in [0.05, 0.1) is 6.04 Å². The van der Waals surface area contributed by atoms with Crippen molar-refractivity contribution in [3.63, 3.8) is 0 Å². The molecule has 0 aromatic heterocycles.